The van der Waals surface area contributed by atoms with E-state index in [4.69, 9.17) is 0 Å². The van der Waals surface area contributed by atoms with Crippen LogP contribution in [0.2, 0.25) is 0 Å². The van der Waals surface area contributed by atoms with Crippen LogP contribution in [0.25, 0.3) is 0 Å². The van der Waals surface area contributed by atoms with E-state index in [2.05, 4.69) is 11.8 Å². The molecule has 0 aromatic heterocycles. The van der Waals surface area contributed by atoms with E-state index in [1.165, 1.54) is 5.56 Å². The van der Waals surface area contributed by atoms with E-state index in [1.54, 1.807) is 48.5 Å². The van der Waals surface area contributed by atoms with Crippen LogP contribution in [-0.4, -0.2) is 10.9 Å². The Balaban J connectivity index is 1.87. The Morgan fingerprint density at radius 3 is 1.96 bits per heavy atom. The van der Waals surface area contributed by atoms with Gasteiger partial charge in [-0.15, -0.1) is 0 Å². The molecule has 0 unspecified atom stereocenters. The van der Waals surface area contributed by atoms with Gasteiger partial charge in [-0.3, -0.25) is 4.79 Å². The van der Waals surface area contributed by atoms with Crippen LogP contribution in [-0.2, 0) is 12.0 Å². The highest BCUT2D eigenvalue weighted by atomic mass is 16.3. The van der Waals surface area contributed by atoms with Crippen molar-refractivity contribution in [1.29, 1.82) is 0 Å². The zero-order valence-electron chi connectivity index (χ0n) is 14.4. The molecule has 2 heteroatoms. The normalized spacial score (nSPS) is 12.5. The second-order valence-corrected chi connectivity index (χ2v) is 6.06. The van der Waals surface area contributed by atoms with E-state index in [-0.39, 0.29) is 0 Å². The number of ketones is 1. The van der Waals surface area contributed by atoms with E-state index < -0.39 is 11.4 Å². The van der Waals surface area contributed by atoms with Gasteiger partial charge in [0.15, 0.2) is 0 Å². The summed E-state index contributed by atoms with van der Waals surface area (Å²) in [4.78, 5) is 13.0. The van der Waals surface area contributed by atoms with Crippen LogP contribution in [0.3, 0.4) is 0 Å². The van der Waals surface area contributed by atoms with E-state index >= 15 is 0 Å². The largest absolute Gasteiger partial charge is 0.367 e. The lowest BCUT2D eigenvalue weighted by atomic mass is 9.86. The Morgan fingerprint density at radius 1 is 0.808 bits per heavy atom. The Labute approximate surface area is 154 Å². The Kier molecular flexibility index (Phi) is 5.63. The first-order valence-electron chi connectivity index (χ1n) is 8.62. The second kappa shape index (κ2) is 8.29. The molecule has 128 valence electrons. The van der Waals surface area contributed by atoms with E-state index in [9.17, 15) is 9.90 Å². The van der Waals surface area contributed by atoms with Crippen LogP contribution in [0.5, 0.6) is 0 Å². The van der Waals surface area contributed by atoms with Gasteiger partial charge in [0, 0.05) is 17.5 Å². The topological polar surface area (TPSA) is 37.3 Å². The maximum atomic E-state index is 13.0. The van der Waals surface area contributed by atoms with Gasteiger partial charge in [0.1, 0.15) is 0 Å². The van der Waals surface area contributed by atoms with Crippen LogP contribution in [0.4, 0.5) is 0 Å². The van der Waals surface area contributed by atoms with Crippen molar-refractivity contribution >= 4 is 5.78 Å². The minimum absolute atomic E-state index is 0.406. The van der Waals surface area contributed by atoms with Gasteiger partial charge in [-0.05, 0) is 12.0 Å². The highest BCUT2D eigenvalue weighted by Crippen LogP contribution is 2.25. The summed E-state index contributed by atoms with van der Waals surface area (Å²) in [6.07, 6.45) is 1.35. The van der Waals surface area contributed by atoms with Crippen LogP contribution < -0.4 is 0 Å². The van der Waals surface area contributed by atoms with Gasteiger partial charge in [-0.2, -0.15) is 0 Å². The van der Waals surface area contributed by atoms with Crippen molar-refractivity contribution in [1.82, 2.24) is 0 Å². The monoisotopic (exact) mass is 340 g/mol. The van der Waals surface area contributed by atoms with Crippen molar-refractivity contribution in [2.45, 2.75) is 18.4 Å². The third-order valence-electron chi connectivity index (χ3n) is 4.21. The lowest BCUT2D eigenvalue weighted by molar-refractivity contribution is 0.0553. The fourth-order valence-corrected chi connectivity index (χ4v) is 2.78. The molecular formula is C24H20O2. The SMILES string of the molecule is O=C(c1ccccc1)[C@@](O)(C#CCCc1ccccc1)c1ccccc1. The molecule has 0 saturated heterocycles. The number of hydrogen-bond acceptors (Lipinski definition) is 2. The molecule has 1 atom stereocenters. The van der Waals surface area contributed by atoms with E-state index in [0.717, 1.165) is 6.42 Å². The predicted molar refractivity (Wildman–Crippen MR) is 104 cm³/mol. The van der Waals surface area contributed by atoms with Crippen LogP contribution >= 0.6 is 0 Å². The summed E-state index contributed by atoms with van der Waals surface area (Å²) < 4.78 is 0. The number of carbonyl (C=O) groups is 1. The van der Waals surface area contributed by atoms with Crippen molar-refractivity contribution in [2.24, 2.45) is 0 Å². The number of benzene rings is 3. The van der Waals surface area contributed by atoms with Crippen molar-refractivity contribution in [3.63, 3.8) is 0 Å². The van der Waals surface area contributed by atoms with Gasteiger partial charge < -0.3 is 5.11 Å². The van der Waals surface area contributed by atoms with Gasteiger partial charge >= 0.3 is 0 Å². The molecule has 0 fully saturated rings. The zero-order chi connectivity index (χ0) is 18.2. The number of hydrogen-bond donors (Lipinski definition) is 1. The smallest absolute Gasteiger partial charge is 0.215 e. The lowest BCUT2D eigenvalue weighted by Gasteiger charge is -2.21. The molecule has 0 aliphatic carbocycles. The fourth-order valence-electron chi connectivity index (χ4n) is 2.78. The molecule has 0 aliphatic heterocycles. The summed E-state index contributed by atoms with van der Waals surface area (Å²) >= 11 is 0. The van der Waals surface area contributed by atoms with Gasteiger partial charge in [-0.1, -0.05) is 103 Å². The molecule has 0 radical (unpaired) electrons. The Morgan fingerprint density at radius 2 is 1.35 bits per heavy atom. The average molecular weight is 340 g/mol. The summed E-state index contributed by atoms with van der Waals surface area (Å²) in [6, 6.07) is 27.7. The summed E-state index contributed by atoms with van der Waals surface area (Å²) in [5, 5.41) is 11.2. The van der Waals surface area contributed by atoms with Crippen molar-refractivity contribution in [3.05, 3.63) is 108 Å². The quantitative estimate of drug-likeness (QED) is 0.552. The van der Waals surface area contributed by atoms with Gasteiger partial charge in [-0.25, -0.2) is 0 Å². The first kappa shape index (κ1) is 17.7. The van der Waals surface area contributed by atoms with Crippen molar-refractivity contribution in [2.75, 3.05) is 0 Å². The number of aryl methyl sites for hydroxylation is 1. The number of rotatable bonds is 5. The van der Waals surface area contributed by atoms with Crippen molar-refractivity contribution in [3.8, 4) is 11.8 Å². The molecule has 0 saturated carbocycles. The molecule has 0 spiro atoms. The molecule has 0 aliphatic rings. The maximum absolute atomic E-state index is 13.0. The molecule has 3 rings (SSSR count). The lowest BCUT2D eigenvalue weighted by Crippen LogP contribution is -2.34. The molecular weight excluding hydrogens is 320 g/mol. The average Bonchev–Trinajstić information content (AvgIpc) is 2.72. The number of carbonyl (C=O) groups excluding carboxylic acids is 1. The maximum Gasteiger partial charge on any atom is 0.215 e. The second-order valence-electron chi connectivity index (χ2n) is 6.06. The minimum Gasteiger partial charge on any atom is -0.367 e. The highest BCUT2D eigenvalue weighted by Gasteiger charge is 2.36. The van der Waals surface area contributed by atoms with Crippen LogP contribution in [0, 0.1) is 11.8 Å². The van der Waals surface area contributed by atoms with Gasteiger partial charge in [0.05, 0.1) is 0 Å². The summed E-state index contributed by atoms with van der Waals surface area (Å²) in [7, 11) is 0. The number of aliphatic hydroxyl groups is 1. The minimum atomic E-state index is -1.85. The summed E-state index contributed by atoms with van der Waals surface area (Å²) in [5.41, 5.74) is 0.260. The first-order chi connectivity index (χ1) is 12.7. The molecule has 0 bridgehead atoms. The Bertz CT molecular complexity index is 906. The molecule has 1 N–H and O–H groups in total. The van der Waals surface area contributed by atoms with Crippen molar-refractivity contribution < 1.29 is 9.90 Å². The standard InChI is InChI=1S/C24H20O2/c25-23(21-15-6-2-7-16-21)24(26,22-17-8-3-9-18-22)19-11-10-14-20-12-4-1-5-13-20/h1-9,12-13,15-18,26H,10,14H2/t24-/m1/s1. The van der Waals surface area contributed by atoms with Crippen LogP contribution in [0.1, 0.15) is 27.9 Å². The predicted octanol–water partition coefficient (Wildman–Crippen LogP) is 4.39. The summed E-state index contributed by atoms with van der Waals surface area (Å²) in [5.74, 6) is 5.43. The van der Waals surface area contributed by atoms with E-state index in [1.807, 2.05) is 42.5 Å². The third-order valence-corrected chi connectivity index (χ3v) is 4.21. The molecule has 26 heavy (non-hydrogen) atoms. The van der Waals surface area contributed by atoms with Crippen LogP contribution in [0.15, 0.2) is 91.0 Å². The van der Waals surface area contributed by atoms with Gasteiger partial charge in [0.25, 0.3) is 0 Å². The third kappa shape index (κ3) is 4.08. The zero-order valence-corrected chi connectivity index (χ0v) is 14.4. The molecule has 3 aromatic rings. The molecule has 0 heterocycles. The summed E-state index contributed by atoms with van der Waals surface area (Å²) in [6.45, 7) is 0. The number of Topliss-reactive ketones (excluding diaryl/α,β-unsaturated/α-hetero) is 1. The molecule has 2 nitrogen and oxygen atoms in total. The molecule has 3 aromatic carbocycles. The van der Waals surface area contributed by atoms with E-state index in [0.29, 0.717) is 17.5 Å². The Hall–Kier alpha value is -3.15. The molecule has 0 amide bonds. The highest BCUT2D eigenvalue weighted by molar-refractivity contribution is 6.05. The van der Waals surface area contributed by atoms with Gasteiger partial charge in [0.2, 0.25) is 11.4 Å². The fraction of sp³-hybridized carbons (Fsp3) is 0.125. The first-order valence-corrected chi connectivity index (χ1v) is 8.62.